The normalized spacial score (nSPS) is 23.6. The highest BCUT2D eigenvalue weighted by molar-refractivity contribution is 5.62. The van der Waals surface area contributed by atoms with Crippen molar-refractivity contribution in [1.29, 1.82) is 0 Å². The van der Waals surface area contributed by atoms with Crippen LogP contribution in [0.15, 0.2) is 18.5 Å². The fourth-order valence-electron chi connectivity index (χ4n) is 4.44. The molecule has 6 heteroatoms. The third kappa shape index (κ3) is 3.86. The molecule has 2 aliphatic carbocycles. The lowest BCUT2D eigenvalue weighted by molar-refractivity contribution is 0.184. The maximum atomic E-state index is 5.61. The number of nitrogens with zero attached hydrogens (tertiary/aromatic N) is 4. The Morgan fingerprint density at radius 2 is 2.00 bits per heavy atom. The Morgan fingerprint density at radius 3 is 2.78 bits per heavy atom. The van der Waals surface area contributed by atoms with Crippen LogP contribution in [0.4, 0.5) is 5.95 Å². The number of anilines is 1. The van der Waals surface area contributed by atoms with Crippen LogP contribution >= 0.6 is 0 Å². The van der Waals surface area contributed by atoms with E-state index in [1.54, 1.807) is 0 Å². The van der Waals surface area contributed by atoms with E-state index in [9.17, 15) is 0 Å². The molecular weight excluding hydrogens is 338 g/mol. The van der Waals surface area contributed by atoms with Crippen LogP contribution in [0.25, 0.3) is 11.3 Å². The Balaban J connectivity index is 1.42. The molecule has 2 saturated carbocycles. The van der Waals surface area contributed by atoms with Crippen LogP contribution < -0.4 is 5.32 Å². The maximum Gasteiger partial charge on any atom is 0.223 e. The minimum atomic E-state index is 0.370. The Morgan fingerprint density at radius 1 is 1.11 bits per heavy atom. The number of nitrogens with one attached hydrogen (secondary N) is 1. The van der Waals surface area contributed by atoms with Crippen molar-refractivity contribution in [3.63, 3.8) is 0 Å². The van der Waals surface area contributed by atoms with Gasteiger partial charge in [-0.25, -0.2) is 9.97 Å². The molecule has 3 heterocycles. The Bertz CT molecular complexity index is 773. The minimum absolute atomic E-state index is 0.370. The largest absolute Gasteiger partial charge is 0.379 e. The van der Waals surface area contributed by atoms with Crippen molar-refractivity contribution in [2.75, 3.05) is 18.5 Å². The summed E-state index contributed by atoms with van der Waals surface area (Å²) >= 11 is 0. The van der Waals surface area contributed by atoms with Crippen molar-refractivity contribution in [3.05, 3.63) is 24.2 Å². The Kier molecular flexibility index (Phi) is 4.82. The lowest BCUT2D eigenvalue weighted by Gasteiger charge is -2.22. The van der Waals surface area contributed by atoms with Crippen LogP contribution in [0, 0.1) is 5.92 Å². The van der Waals surface area contributed by atoms with Crippen molar-refractivity contribution < 1.29 is 4.74 Å². The Labute approximate surface area is 160 Å². The summed E-state index contributed by atoms with van der Waals surface area (Å²) < 4.78 is 7.83. The first kappa shape index (κ1) is 17.2. The number of rotatable bonds is 6. The average molecular weight is 367 g/mol. The Hall–Kier alpha value is -1.95. The lowest BCUT2D eigenvalue weighted by Crippen LogP contribution is -2.23. The molecule has 27 heavy (non-hydrogen) atoms. The molecule has 1 atom stereocenters. The molecule has 0 aromatic carbocycles. The van der Waals surface area contributed by atoms with Crippen molar-refractivity contribution >= 4 is 5.95 Å². The van der Waals surface area contributed by atoms with E-state index in [1.807, 2.05) is 18.5 Å². The first-order valence-corrected chi connectivity index (χ1v) is 10.6. The van der Waals surface area contributed by atoms with Gasteiger partial charge in [-0.05, 0) is 50.5 Å². The highest BCUT2D eigenvalue weighted by Gasteiger charge is 2.29. The minimum Gasteiger partial charge on any atom is -0.379 e. The predicted octanol–water partition coefficient (Wildman–Crippen LogP) is 4.00. The van der Waals surface area contributed by atoms with E-state index in [2.05, 4.69) is 15.0 Å². The topological polar surface area (TPSA) is 64.9 Å². The summed E-state index contributed by atoms with van der Waals surface area (Å²) in [5.41, 5.74) is 3.49. The fraction of sp³-hybridized carbons (Fsp3) is 0.667. The first-order valence-electron chi connectivity index (χ1n) is 10.6. The average Bonchev–Trinajstić information content (AvgIpc) is 3.17. The molecule has 1 saturated heterocycles. The molecule has 3 fully saturated rings. The summed E-state index contributed by atoms with van der Waals surface area (Å²) in [6.45, 7) is 1.61. The molecule has 6 nitrogen and oxygen atoms in total. The van der Waals surface area contributed by atoms with Crippen LogP contribution in [-0.2, 0) is 11.2 Å². The van der Waals surface area contributed by atoms with Gasteiger partial charge >= 0.3 is 0 Å². The van der Waals surface area contributed by atoms with Crippen molar-refractivity contribution in [2.45, 2.75) is 69.9 Å². The standard InChI is InChI=1S/C21H29N5O/c1-2-4-16(5-3-1)24-21-22-10-8-19(25-21)18-13-23-26(17-9-11-27-14-17)20(18)12-15-6-7-15/h8,10,13,15-17H,1-7,9,11-12,14H2,(H,22,24,25)/t17-/m1/s1. The fourth-order valence-corrected chi connectivity index (χ4v) is 4.44. The van der Waals surface area contributed by atoms with Gasteiger partial charge in [-0.15, -0.1) is 0 Å². The van der Waals surface area contributed by atoms with Crippen molar-refractivity contribution in [3.8, 4) is 11.3 Å². The van der Waals surface area contributed by atoms with Crippen LogP contribution in [0.1, 0.15) is 63.1 Å². The van der Waals surface area contributed by atoms with Gasteiger partial charge < -0.3 is 10.1 Å². The van der Waals surface area contributed by atoms with Gasteiger partial charge in [0.15, 0.2) is 0 Å². The molecule has 0 spiro atoms. The molecular formula is C21H29N5O. The maximum absolute atomic E-state index is 5.61. The van der Waals surface area contributed by atoms with Crippen molar-refractivity contribution in [1.82, 2.24) is 19.7 Å². The summed E-state index contributed by atoms with van der Waals surface area (Å²) in [5, 5.41) is 8.31. The van der Waals surface area contributed by atoms with E-state index in [0.717, 1.165) is 43.6 Å². The zero-order chi connectivity index (χ0) is 18.1. The number of hydrogen-bond acceptors (Lipinski definition) is 5. The molecule has 5 rings (SSSR count). The summed E-state index contributed by atoms with van der Waals surface area (Å²) in [7, 11) is 0. The second-order valence-electron chi connectivity index (χ2n) is 8.36. The molecule has 1 N–H and O–H groups in total. The molecule has 0 bridgehead atoms. The van der Waals surface area contributed by atoms with Crippen LogP contribution in [0.2, 0.25) is 0 Å². The van der Waals surface area contributed by atoms with Crippen LogP contribution in [-0.4, -0.2) is 39.0 Å². The van der Waals surface area contributed by atoms with Gasteiger partial charge in [-0.2, -0.15) is 5.10 Å². The van der Waals surface area contributed by atoms with E-state index in [0.29, 0.717) is 12.1 Å². The van der Waals surface area contributed by atoms with Gasteiger partial charge in [0, 0.05) is 30.1 Å². The third-order valence-electron chi connectivity index (χ3n) is 6.20. The highest BCUT2D eigenvalue weighted by Crippen LogP contribution is 2.37. The van der Waals surface area contributed by atoms with Gasteiger partial charge in [-0.3, -0.25) is 4.68 Å². The molecule has 2 aromatic heterocycles. The predicted molar refractivity (Wildman–Crippen MR) is 105 cm³/mol. The summed E-state index contributed by atoms with van der Waals surface area (Å²) in [5.74, 6) is 1.57. The number of aromatic nitrogens is 4. The quantitative estimate of drug-likeness (QED) is 0.836. The summed E-state index contributed by atoms with van der Waals surface area (Å²) in [4.78, 5) is 9.34. The summed E-state index contributed by atoms with van der Waals surface area (Å²) in [6.07, 6.45) is 15.1. The second-order valence-corrected chi connectivity index (χ2v) is 8.36. The van der Waals surface area contributed by atoms with Gasteiger partial charge in [0.2, 0.25) is 5.95 Å². The number of ether oxygens (including phenoxy) is 1. The summed E-state index contributed by atoms with van der Waals surface area (Å²) in [6, 6.07) is 2.90. The van der Waals surface area contributed by atoms with Crippen LogP contribution in [0.5, 0.6) is 0 Å². The molecule has 1 aliphatic heterocycles. The number of hydrogen-bond donors (Lipinski definition) is 1. The van der Waals surface area contributed by atoms with E-state index >= 15 is 0 Å². The molecule has 3 aliphatic rings. The SMILES string of the molecule is c1cc(-c2cnn([C@@H]3CCOC3)c2CC2CC2)nc(NC2CCCCC2)n1. The smallest absolute Gasteiger partial charge is 0.223 e. The second kappa shape index (κ2) is 7.58. The first-order chi connectivity index (χ1) is 13.4. The molecule has 0 amide bonds. The van der Waals surface area contributed by atoms with Crippen molar-refractivity contribution in [2.24, 2.45) is 5.92 Å². The van der Waals surface area contributed by atoms with Gasteiger partial charge in [-0.1, -0.05) is 19.3 Å². The molecule has 144 valence electrons. The third-order valence-corrected chi connectivity index (χ3v) is 6.20. The lowest BCUT2D eigenvalue weighted by atomic mass is 9.96. The van der Waals surface area contributed by atoms with Gasteiger partial charge in [0.05, 0.1) is 24.5 Å². The van der Waals surface area contributed by atoms with E-state index < -0.39 is 0 Å². The molecule has 0 unspecified atom stereocenters. The molecule has 0 radical (unpaired) electrons. The zero-order valence-electron chi connectivity index (χ0n) is 15.9. The monoisotopic (exact) mass is 367 g/mol. The zero-order valence-corrected chi connectivity index (χ0v) is 15.9. The van der Waals surface area contributed by atoms with E-state index in [1.165, 1.54) is 56.2 Å². The van der Waals surface area contributed by atoms with Gasteiger partial charge in [0.1, 0.15) is 0 Å². The highest BCUT2D eigenvalue weighted by atomic mass is 16.5. The molecule has 2 aromatic rings. The van der Waals surface area contributed by atoms with E-state index in [4.69, 9.17) is 14.8 Å². The van der Waals surface area contributed by atoms with Gasteiger partial charge in [0.25, 0.3) is 0 Å². The van der Waals surface area contributed by atoms with E-state index in [-0.39, 0.29) is 0 Å². The van der Waals surface area contributed by atoms with Crippen LogP contribution in [0.3, 0.4) is 0 Å².